The van der Waals surface area contributed by atoms with Crippen LogP contribution in [-0.4, -0.2) is 9.78 Å². The van der Waals surface area contributed by atoms with Crippen molar-refractivity contribution in [2.24, 2.45) is 7.05 Å². The highest BCUT2D eigenvalue weighted by Crippen LogP contribution is 2.32. The second-order valence-electron chi connectivity index (χ2n) is 3.10. The number of aryl methyl sites for hydroxylation is 1. The molecule has 0 atom stereocenters. The third-order valence-electron chi connectivity index (χ3n) is 1.92. The fourth-order valence-corrected chi connectivity index (χ4v) is 2.10. The predicted octanol–water partition coefficient (Wildman–Crippen LogP) is 2.29. The molecule has 0 aliphatic heterocycles. The predicted molar refractivity (Wildman–Crippen MR) is 58.1 cm³/mol. The SMILES string of the molecule is Cn1cc(Sc2cccc(F)c2N)cn1. The largest absolute Gasteiger partial charge is 0.395 e. The third kappa shape index (κ3) is 2.12. The Kier molecular flexibility index (Phi) is 2.64. The van der Waals surface area contributed by atoms with Crippen LogP contribution >= 0.6 is 11.8 Å². The summed E-state index contributed by atoms with van der Waals surface area (Å²) in [5.41, 5.74) is 5.80. The molecule has 2 N–H and O–H groups in total. The monoisotopic (exact) mass is 223 g/mol. The van der Waals surface area contributed by atoms with Crippen molar-refractivity contribution in [1.29, 1.82) is 0 Å². The fourth-order valence-electron chi connectivity index (χ4n) is 1.18. The van der Waals surface area contributed by atoms with Crippen LogP contribution in [0.1, 0.15) is 0 Å². The number of benzene rings is 1. The quantitative estimate of drug-likeness (QED) is 0.794. The van der Waals surface area contributed by atoms with E-state index in [4.69, 9.17) is 5.73 Å². The molecule has 1 aromatic heterocycles. The zero-order valence-electron chi connectivity index (χ0n) is 8.14. The van der Waals surface area contributed by atoms with Crippen LogP contribution < -0.4 is 5.73 Å². The highest BCUT2D eigenvalue weighted by atomic mass is 32.2. The summed E-state index contributed by atoms with van der Waals surface area (Å²) in [6.45, 7) is 0. The molecule has 0 bridgehead atoms. The van der Waals surface area contributed by atoms with Gasteiger partial charge in [-0.05, 0) is 12.1 Å². The molecule has 0 amide bonds. The van der Waals surface area contributed by atoms with Gasteiger partial charge in [-0.15, -0.1) is 0 Å². The Hall–Kier alpha value is -1.49. The van der Waals surface area contributed by atoms with Crippen LogP contribution in [0.15, 0.2) is 40.4 Å². The lowest BCUT2D eigenvalue weighted by Crippen LogP contribution is -1.92. The number of hydrogen-bond donors (Lipinski definition) is 1. The molecule has 2 aromatic rings. The Labute approximate surface area is 91.1 Å². The van der Waals surface area contributed by atoms with E-state index in [9.17, 15) is 4.39 Å². The Bertz CT molecular complexity index is 481. The number of para-hydroxylation sites is 1. The molecular weight excluding hydrogens is 213 g/mol. The number of nitrogens with zero attached hydrogens (tertiary/aromatic N) is 2. The van der Waals surface area contributed by atoms with Crippen molar-refractivity contribution in [3.63, 3.8) is 0 Å². The molecule has 5 heteroatoms. The van der Waals surface area contributed by atoms with Gasteiger partial charge in [0, 0.05) is 18.1 Å². The van der Waals surface area contributed by atoms with Gasteiger partial charge in [0.15, 0.2) is 0 Å². The maximum atomic E-state index is 13.1. The molecule has 2 rings (SSSR count). The van der Waals surface area contributed by atoms with Gasteiger partial charge in [-0.3, -0.25) is 4.68 Å². The first-order valence-corrected chi connectivity index (χ1v) is 5.19. The molecule has 0 aliphatic carbocycles. The van der Waals surface area contributed by atoms with Crippen LogP contribution in [0.25, 0.3) is 0 Å². The van der Waals surface area contributed by atoms with Crippen LogP contribution in [0, 0.1) is 5.82 Å². The Morgan fingerprint density at radius 1 is 1.47 bits per heavy atom. The summed E-state index contributed by atoms with van der Waals surface area (Å²) in [6, 6.07) is 4.78. The van der Waals surface area contributed by atoms with E-state index >= 15 is 0 Å². The van der Waals surface area contributed by atoms with E-state index in [1.54, 1.807) is 23.0 Å². The normalized spacial score (nSPS) is 10.5. The Morgan fingerprint density at radius 3 is 2.93 bits per heavy atom. The first kappa shape index (κ1) is 10.0. The number of hydrogen-bond acceptors (Lipinski definition) is 3. The molecular formula is C10H10FN3S. The summed E-state index contributed by atoms with van der Waals surface area (Å²) < 4.78 is 14.8. The average Bonchev–Trinajstić information content (AvgIpc) is 2.59. The summed E-state index contributed by atoms with van der Waals surface area (Å²) in [5.74, 6) is -0.385. The lowest BCUT2D eigenvalue weighted by atomic mass is 10.3. The molecule has 0 saturated carbocycles. The molecule has 3 nitrogen and oxygen atoms in total. The Balaban J connectivity index is 2.28. The van der Waals surface area contributed by atoms with Gasteiger partial charge in [-0.25, -0.2) is 4.39 Å². The molecule has 15 heavy (non-hydrogen) atoms. The summed E-state index contributed by atoms with van der Waals surface area (Å²) >= 11 is 1.40. The van der Waals surface area contributed by atoms with Gasteiger partial charge >= 0.3 is 0 Å². The van der Waals surface area contributed by atoms with Gasteiger partial charge in [0.1, 0.15) is 5.82 Å². The van der Waals surface area contributed by atoms with E-state index < -0.39 is 0 Å². The van der Waals surface area contributed by atoms with Gasteiger partial charge in [0.2, 0.25) is 0 Å². The molecule has 0 radical (unpaired) electrons. The number of nitrogens with two attached hydrogens (primary N) is 1. The van der Waals surface area contributed by atoms with Crippen molar-refractivity contribution < 1.29 is 4.39 Å². The first-order valence-electron chi connectivity index (χ1n) is 4.37. The number of nitrogen functional groups attached to an aromatic ring is 1. The van der Waals surface area contributed by atoms with E-state index in [0.717, 1.165) is 4.90 Å². The second-order valence-corrected chi connectivity index (χ2v) is 4.22. The molecule has 0 saturated heterocycles. The summed E-state index contributed by atoms with van der Waals surface area (Å²) in [6.07, 6.45) is 3.57. The lowest BCUT2D eigenvalue weighted by molar-refractivity contribution is 0.629. The minimum Gasteiger partial charge on any atom is -0.395 e. The average molecular weight is 223 g/mol. The van der Waals surface area contributed by atoms with E-state index in [1.165, 1.54) is 17.8 Å². The topological polar surface area (TPSA) is 43.8 Å². The summed E-state index contributed by atoms with van der Waals surface area (Å²) in [4.78, 5) is 1.65. The molecule has 1 aromatic carbocycles. The summed E-state index contributed by atoms with van der Waals surface area (Å²) in [5, 5.41) is 4.03. The molecule has 0 unspecified atom stereocenters. The van der Waals surface area contributed by atoms with Crippen LogP contribution in [0.2, 0.25) is 0 Å². The standard InChI is InChI=1S/C10H10FN3S/c1-14-6-7(5-13-14)15-9-4-2-3-8(11)10(9)12/h2-6H,12H2,1H3. The van der Waals surface area contributed by atoms with Crippen molar-refractivity contribution >= 4 is 17.4 Å². The van der Waals surface area contributed by atoms with Crippen LogP contribution in [0.3, 0.4) is 0 Å². The molecule has 0 fully saturated rings. The van der Waals surface area contributed by atoms with Gasteiger partial charge < -0.3 is 5.73 Å². The molecule has 0 spiro atoms. The minimum absolute atomic E-state index is 0.186. The highest BCUT2D eigenvalue weighted by Gasteiger charge is 2.06. The molecule has 1 heterocycles. The van der Waals surface area contributed by atoms with Crippen molar-refractivity contribution in [2.75, 3.05) is 5.73 Å². The molecule has 0 aliphatic rings. The van der Waals surface area contributed by atoms with Crippen molar-refractivity contribution in [1.82, 2.24) is 9.78 Å². The van der Waals surface area contributed by atoms with Crippen LogP contribution in [0.5, 0.6) is 0 Å². The molecule has 78 valence electrons. The van der Waals surface area contributed by atoms with E-state index in [-0.39, 0.29) is 11.5 Å². The first-order chi connectivity index (χ1) is 7.16. The smallest absolute Gasteiger partial charge is 0.147 e. The number of halogens is 1. The second kappa shape index (κ2) is 3.94. The van der Waals surface area contributed by atoms with Crippen LogP contribution in [0.4, 0.5) is 10.1 Å². The van der Waals surface area contributed by atoms with Crippen molar-refractivity contribution in [3.05, 3.63) is 36.4 Å². The van der Waals surface area contributed by atoms with E-state index in [1.807, 2.05) is 13.2 Å². The van der Waals surface area contributed by atoms with Gasteiger partial charge in [0.05, 0.1) is 16.8 Å². The van der Waals surface area contributed by atoms with E-state index in [2.05, 4.69) is 5.10 Å². The number of rotatable bonds is 2. The lowest BCUT2D eigenvalue weighted by Gasteiger charge is -2.03. The zero-order chi connectivity index (χ0) is 10.8. The van der Waals surface area contributed by atoms with Gasteiger partial charge in [0.25, 0.3) is 0 Å². The highest BCUT2D eigenvalue weighted by molar-refractivity contribution is 7.99. The Morgan fingerprint density at radius 2 is 2.27 bits per heavy atom. The minimum atomic E-state index is -0.385. The van der Waals surface area contributed by atoms with Gasteiger partial charge in [-0.2, -0.15) is 5.10 Å². The van der Waals surface area contributed by atoms with Crippen molar-refractivity contribution in [2.45, 2.75) is 9.79 Å². The third-order valence-corrected chi connectivity index (χ3v) is 2.94. The van der Waals surface area contributed by atoms with Crippen LogP contribution in [-0.2, 0) is 7.05 Å². The summed E-state index contributed by atoms with van der Waals surface area (Å²) in [7, 11) is 1.83. The zero-order valence-corrected chi connectivity index (χ0v) is 8.96. The fraction of sp³-hybridized carbons (Fsp3) is 0.100. The maximum absolute atomic E-state index is 13.1. The number of anilines is 1. The number of aromatic nitrogens is 2. The van der Waals surface area contributed by atoms with Gasteiger partial charge in [-0.1, -0.05) is 17.8 Å². The van der Waals surface area contributed by atoms with Crippen molar-refractivity contribution in [3.8, 4) is 0 Å². The van der Waals surface area contributed by atoms with E-state index in [0.29, 0.717) is 4.90 Å². The maximum Gasteiger partial charge on any atom is 0.147 e.